The average Bonchev–Trinajstić information content (AvgIpc) is 2.41. The van der Waals surface area contributed by atoms with E-state index in [4.69, 9.17) is 9.29 Å². The van der Waals surface area contributed by atoms with Crippen molar-refractivity contribution in [3.63, 3.8) is 0 Å². The van der Waals surface area contributed by atoms with E-state index in [-0.39, 0.29) is 10.6 Å². The van der Waals surface area contributed by atoms with Crippen LogP contribution in [0.1, 0.15) is 51.9 Å². The highest BCUT2D eigenvalue weighted by Gasteiger charge is 2.15. The van der Waals surface area contributed by atoms with Gasteiger partial charge in [-0.1, -0.05) is 57.6 Å². The van der Waals surface area contributed by atoms with E-state index in [0.29, 0.717) is 6.61 Å². The molecule has 114 valence electrons. The number of rotatable bonds is 10. The molecule has 1 rings (SSSR count). The van der Waals surface area contributed by atoms with E-state index >= 15 is 0 Å². The zero-order valence-corrected chi connectivity index (χ0v) is 12.9. The van der Waals surface area contributed by atoms with Gasteiger partial charge in [0.2, 0.25) is 0 Å². The minimum absolute atomic E-state index is 0.164. The Balaban J connectivity index is 2.29. The van der Waals surface area contributed by atoms with Gasteiger partial charge in [-0.05, 0) is 18.6 Å². The van der Waals surface area contributed by atoms with Crippen LogP contribution in [0.2, 0.25) is 0 Å². The minimum Gasteiger partial charge on any atom is -0.492 e. The Morgan fingerprint density at radius 1 is 1.00 bits per heavy atom. The van der Waals surface area contributed by atoms with Crippen LogP contribution >= 0.6 is 0 Å². The van der Waals surface area contributed by atoms with Crippen molar-refractivity contribution in [1.29, 1.82) is 0 Å². The third-order valence-electron chi connectivity index (χ3n) is 3.13. The summed E-state index contributed by atoms with van der Waals surface area (Å²) in [7, 11) is -4.22. The SMILES string of the molecule is CCCCCCCCCOc1ccccc1S(=O)(=O)O. The van der Waals surface area contributed by atoms with Gasteiger partial charge in [0.05, 0.1) is 6.61 Å². The van der Waals surface area contributed by atoms with Crippen molar-refractivity contribution in [3.8, 4) is 5.75 Å². The molecule has 0 radical (unpaired) electrons. The summed E-state index contributed by atoms with van der Waals surface area (Å²) in [5.41, 5.74) is 0. The van der Waals surface area contributed by atoms with Crippen LogP contribution in [-0.2, 0) is 10.1 Å². The lowest BCUT2D eigenvalue weighted by Crippen LogP contribution is -2.04. The fourth-order valence-corrected chi connectivity index (χ4v) is 2.66. The van der Waals surface area contributed by atoms with Crippen LogP contribution in [0.4, 0.5) is 0 Å². The van der Waals surface area contributed by atoms with Crippen LogP contribution < -0.4 is 4.74 Å². The van der Waals surface area contributed by atoms with Crippen molar-refractivity contribution in [2.75, 3.05) is 6.61 Å². The first-order valence-corrected chi connectivity index (χ1v) is 8.69. The molecular weight excluding hydrogens is 276 g/mol. The van der Waals surface area contributed by atoms with Crippen LogP contribution in [-0.4, -0.2) is 19.6 Å². The van der Waals surface area contributed by atoms with Crippen molar-refractivity contribution >= 4 is 10.1 Å². The summed E-state index contributed by atoms with van der Waals surface area (Å²) < 4.78 is 36.9. The van der Waals surface area contributed by atoms with E-state index in [1.165, 1.54) is 38.2 Å². The molecule has 0 atom stereocenters. The largest absolute Gasteiger partial charge is 0.492 e. The van der Waals surface area contributed by atoms with Crippen molar-refractivity contribution in [2.24, 2.45) is 0 Å². The number of para-hydroxylation sites is 1. The summed E-state index contributed by atoms with van der Waals surface area (Å²) in [6.07, 6.45) is 8.22. The topological polar surface area (TPSA) is 63.6 Å². The molecule has 0 bridgehead atoms. The second-order valence-electron chi connectivity index (χ2n) is 4.89. The second kappa shape index (κ2) is 8.97. The summed E-state index contributed by atoms with van der Waals surface area (Å²) in [6, 6.07) is 6.15. The third kappa shape index (κ3) is 6.39. The van der Waals surface area contributed by atoms with Gasteiger partial charge in [0.15, 0.2) is 0 Å². The minimum atomic E-state index is -4.22. The highest BCUT2D eigenvalue weighted by atomic mass is 32.2. The van der Waals surface area contributed by atoms with Crippen LogP contribution in [0.25, 0.3) is 0 Å². The first-order valence-electron chi connectivity index (χ1n) is 7.25. The number of benzene rings is 1. The van der Waals surface area contributed by atoms with Gasteiger partial charge in [-0.15, -0.1) is 0 Å². The Labute approximate surface area is 121 Å². The van der Waals surface area contributed by atoms with Crippen molar-refractivity contribution < 1.29 is 17.7 Å². The summed E-state index contributed by atoms with van der Waals surface area (Å²) in [4.78, 5) is -0.164. The van der Waals surface area contributed by atoms with Crippen LogP contribution in [0.5, 0.6) is 5.75 Å². The van der Waals surface area contributed by atoms with E-state index in [1.807, 2.05) is 0 Å². The maximum Gasteiger partial charge on any atom is 0.298 e. The predicted molar refractivity (Wildman–Crippen MR) is 79.7 cm³/mol. The van der Waals surface area contributed by atoms with E-state index < -0.39 is 10.1 Å². The van der Waals surface area contributed by atoms with Crippen molar-refractivity contribution in [1.82, 2.24) is 0 Å². The van der Waals surface area contributed by atoms with E-state index in [2.05, 4.69) is 6.92 Å². The molecule has 0 fully saturated rings. The summed E-state index contributed by atoms with van der Waals surface area (Å²) in [5.74, 6) is 0.223. The molecule has 0 aliphatic rings. The summed E-state index contributed by atoms with van der Waals surface area (Å²) in [5, 5.41) is 0. The standard InChI is InChI=1S/C15H24O4S/c1-2-3-4-5-6-7-10-13-19-14-11-8-9-12-15(14)20(16,17)18/h8-9,11-12H,2-7,10,13H2,1H3,(H,16,17,18). The highest BCUT2D eigenvalue weighted by molar-refractivity contribution is 7.86. The van der Waals surface area contributed by atoms with Crippen molar-refractivity contribution in [2.45, 2.75) is 56.8 Å². The van der Waals surface area contributed by atoms with Gasteiger partial charge in [0, 0.05) is 0 Å². The van der Waals surface area contributed by atoms with Crippen LogP contribution in [0, 0.1) is 0 Å². The molecule has 0 aliphatic heterocycles. The Morgan fingerprint density at radius 3 is 2.25 bits per heavy atom. The van der Waals surface area contributed by atoms with Gasteiger partial charge in [-0.2, -0.15) is 8.42 Å². The Hall–Kier alpha value is -1.07. The van der Waals surface area contributed by atoms with Gasteiger partial charge >= 0.3 is 0 Å². The number of unbranched alkanes of at least 4 members (excludes halogenated alkanes) is 6. The average molecular weight is 300 g/mol. The molecule has 0 aliphatic carbocycles. The van der Waals surface area contributed by atoms with Gasteiger partial charge in [-0.3, -0.25) is 4.55 Å². The molecule has 4 nitrogen and oxygen atoms in total. The second-order valence-corrected chi connectivity index (χ2v) is 6.28. The quantitative estimate of drug-likeness (QED) is 0.523. The molecule has 1 N–H and O–H groups in total. The smallest absolute Gasteiger partial charge is 0.298 e. The predicted octanol–water partition coefficient (Wildman–Crippen LogP) is 4.06. The lowest BCUT2D eigenvalue weighted by atomic mass is 10.1. The molecule has 0 aromatic heterocycles. The van der Waals surface area contributed by atoms with E-state index in [9.17, 15) is 8.42 Å². The first kappa shape index (κ1) is 17.0. The molecule has 1 aromatic rings. The lowest BCUT2D eigenvalue weighted by Gasteiger charge is -2.09. The molecule has 0 saturated heterocycles. The Morgan fingerprint density at radius 2 is 1.60 bits per heavy atom. The molecule has 0 spiro atoms. The van der Waals surface area contributed by atoms with E-state index in [1.54, 1.807) is 18.2 Å². The normalized spacial score (nSPS) is 11.5. The number of ether oxygens (including phenoxy) is 1. The fraction of sp³-hybridized carbons (Fsp3) is 0.600. The number of hydrogen-bond donors (Lipinski definition) is 1. The Bertz CT molecular complexity index is 482. The Kier molecular flexibility index (Phi) is 7.62. The zero-order chi connectivity index (χ0) is 14.8. The maximum absolute atomic E-state index is 11.2. The van der Waals surface area contributed by atoms with Crippen LogP contribution in [0.15, 0.2) is 29.2 Å². The molecule has 0 saturated carbocycles. The summed E-state index contributed by atoms with van der Waals surface area (Å²) in [6.45, 7) is 2.67. The first-order chi connectivity index (χ1) is 9.55. The summed E-state index contributed by atoms with van der Waals surface area (Å²) >= 11 is 0. The molecule has 0 heterocycles. The monoisotopic (exact) mass is 300 g/mol. The highest BCUT2D eigenvalue weighted by Crippen LogP contribution is 2.23. The van der Waals surface area contributed by atoms with Gasteiger partial charge in [0.25, 0.3) is 10.1 Å². The van der Waals surface area contributed by atoms with Gasteiger partial charge in [0.1, 0.15) is 10.6 Å². The van der Waals surface area contributed by atoms with Gasteiger partial charge < -0.3 is 4.74 Å². The zero-order valence-electron chi connectivity index (χ0n) is 12.0. The molecule has 20 heavy (non-hydrogen) atoms. The lowest BCUT2D eigenvalue weighted by molar-refractivity contribution is 0.295. The fourth-order valence-electron chi connectivity index (χ4n) is 2.02. The third-order valence-corrected chi connectivity index (χ3v) is 4.03. The molecule has 5 heteroatoms. The molecule has 0 amide bonds. The van der Waals surface area contributed by atoms with Crippen molar-refractivity contribution in [3.05, 3.63) is 24.3 Å². The van der Waals surface area contributed by atoms with E-state index in [0.717, 1.165) is 12.8 Å². The van der Waals surface area contributed by atoms with Crippen LogP contribution in [0.3, 0.4) is 0 Å². The van der Waals surface area contributed by atoms with Gasteiger partial charge in [-0.25, -0.2) is 0 Å². The molecular formula is C15H24O4S. The number of hydrogen-bond acceptors (Lipinski definition) is 3. The molecule has 1 aromatic carbocycles. The molecule has 0 unspecified atom stereocenters. The maximum atomic E-state index is 11.2.